The van der Waals surface area contributed by atoms with Crippen molar-refractivity contribution in [2.75, 3.05) is 12.3 Å². The summed E-state index contributed by atoms with van der Waals surface area (Å²) in [5, 5.41) is 22.4. The molecule has 7 nitrogen and oxygen atoms in total. The van der Waals surface area contributed by atoms with Gasteiger partial charge in [-0.15, -0.1) is 0 Å². The third kappa shape index (κ3) is 6.32. The molecule has 1 fully saturated rings. The van der Waals surface area contributed by atoms with Crippen molar-refractivity contribution in [1.82, 2.24) is 10.6 Å². The van der Waals surface area contributed by atoms with Crippen LogP contribution in [0.25, 0.3) is 0 Å². The van der Waals surface area contributed by atoms with Gasteiger partial charge in [-0.05, 0) is 18.6 Å². The molecule has 1 unspecified atom stereocenters. The number of hydrogen-bond acceptors (Lipinski definition) is 4. The van der Waals surface area contributed by atoms with Gasteiger partial charge in [0.15, 0.2) is 0 Å². The van der Waals surface area contributed by atoms with Crippen LogP contribution in [0.2, 0.25) is 0 Å². The molecule has 0 aliphatic carbocycles. The van der Waals surface area contributed by atoms with Crippen molar-refractivity contribution in [1.29, 1.82) is 0 Å². The Bertz CT molecular complexity index is 344. The SMILES string of the molecule is O=C(O)C[C@@H](NC(=O)NCC1CCCCS1)C(=O)O. The van der Waals surface area contributed by atoms with Crippen molar-refractivity contribution in [3.8, 4) is 0 Å². The molecule has 1 aliphatic rings. The zero-order valence-electron chi connectivity index (χ0n) is 10.4. The third-order valence-corrected chi connectivity index (χ3v) is 4.14. The van der Waals surface area contributed by atoms with E-state index >= 15 is 0 Å². The summed E-state index contributed by atoms with van der Waals surface area (Å²) in [6, 6.07) is -2.05. The molecule has 0 bridgehead atoms. The second kappa shape index (κ2) is 7.88. The van der Waals surface area contributed by atoms with Gasteiger partial charge in [-0.2, -0.15) is 11.8 Å². The molecule has 1 rings (SSSR count). The van der Waals surface area contributed by atoms with Crippen molar-refractivity contribution in [2.45, 2.75) is 37.0 Å². The molecule has 0 aromatic heterocycles. The lowest BCUT2D eigenvalue weighted by atomic mass is 10.2. The lowest BCUT2D eigenvalue weighted by Gasteiger charge is -2.22. The molecule has 2 amide bonds. The maximum absolute atomic E-state index is 11.5. The van der Waals surface area contributed by atoms with E-state index in [2.05, 4.69) is 10.6 Å². The zero-order chi connectivity index (χ0) is 14.3. The average Bonchev–Trinajstić information content (AvgIpc) is 2.36. The Kier molecular flexibility index (Phi) is 6.48. The van der Waals surface area contributed by atoms with Gasteiger partial charge in [-0.1, -0.05) is 6.42 Å². The fraction of sp³-hybridized carbons (Fsp3) is 0.727. The number of carboxylic acid groups (broad SMARTS) is 2. The fourth-order valence-corrected chi connectivity index (χ4v) is 3.00. The Balaban J connectivity index is 2.31. The summed E-state index contributed by atoms with van der Waals surface area (Å²) in [5.74, 6) is -1.55. The maximum Gasteiger partial charge on any atom is 0.326 e. The number of urea groups is 1. The summed E-state index contributed by atoms with van der Waals surface area (Å²) in [6.07, 6.45) is 2.72. The Morgan fingerprint density at radius 3 is 2.53 bits per heavy atom. The van der Waals surface area contributed by atoms with Crippen LogP contribution in [0.1, 0.15) is 25.7 Å². The van der Waals surface area contributed by atoms with Gasteiger partial charge < -0.3 is 20.8 Å². The zero-order valence-corrected chi connectivity index (χ0v) is 11.2. The minimum atomic E-state index is -1.41. The minimum absolute atomic E-state index is 0.349. The molecule has 0 aromatic rings. The maximum atomic E-state index is 11.5. The highest BCUT2D eigenvalue weighted by Gasteiger charge is 2.23. The smallest absolute Gasteiger partial charge is 0.326 e. The number of thioether (sulfide) groups is 1. The normalized spacial score (nSPS) is 20.3. The van der Waals surface area contributed by atoms with E-state index in [0.29, 0.717) is 11.8 Å². The van der Waals surface area contributed by atoms with Gasteiger partial charge in [0.05, 0.1) is 6.42 Å². The van der Waals surface area contributed by atoms with Crippen LogP contribution in [-0.2, 0) is 9.59 Å². The number of rotatable bonds is 6. The van der Waals surface area contributed by atoms with E-state index in [9.17, 15) is 14.4 Å². The van der Waals surface area contributed by atoms with Crippen LogP contribution in [0.5, 0.6) is 0 Å². The predicted molar refractivity (Wildman–Crippen MR) is 70.3 cm³/mol. The molecule has 4 N–H and O–H groups in total. The summed E-state index contributed by atoms with van der Waals surface area (Å²) in [4.78, 5) is 32.7. The lowest BCUT2D eigenvalue weighted by Crippen LogP contribution is -2.48. The molecule has 0 saturated carbocycles. The van der Waals surface area contributed by atoms with Crippen LogP contribution < -0.4 is 10.6 Å². The largest absolute Gasteiger partial charge is 0.481 e. The van der Waals surface area contributed by atoms with Crippen molar-refractivity contribution >= 4 is 29.7 Å². The summed E-state index contributed by atoms with van der Waals surface area (Å²) < 4.78 is 0. The molecule has 1 heterocycles. The second-order valence-corrected chi connectivity index (χ2v) is 5.74. The Labute approximate surface area is 115 Å². The van der Waals surface area contributed by atoms with E-state index in [1.54, 1.807) is 11.8 Å². The molecule has 19 heavy (non-hydrogen) atoms. The number of nitrogens with one attached hydrogen (secondary N) is 2. The molecular weight excluding hydrogens is 272 g/mol. The van der Waals surface area contributed by atoms with Crippen molar-refractivity contribution in [3.05, 3.63) is 0 Å². The van der Waals surface area contributed by atoms with E-state index < -0.39 is 30.4 Å². The summed E-state index contributed by atoms with van der Waals surface area (Å²) in [5.41, 5.74) is 0. The summed E-state index contributed by atoms with van der Waals surface area (Å²) in [6.45, 7) is 0.468. The van der Waals surface area contributed by atoms with Crippen LogP contribution in [0.15, 0.2) is 0 Å². The van der Waals surface area contributed by atoms with Gasteiger partial charge in [0.25, 0.3) is 0 Å². The number of carbonyl (C=O) groups excluding carboxylic acids is 1. The number of hydrogen-bond donors (Lipinski definition) is 4. The standard InChI is InChI=1S/C11H18N2O5S/c14-9(15)5-8(10(16)17)13-11(18)12-6-7-3-1-2-4-19-7/h7-8H,1-6H2,(H,14,15)(H,16,17)(H2,12,13,18)/t7?,8-/m1/s1. The van der Waals surface area contributed by atoms with Gasteiger partial charge >= 0.3 is 18.0 Å². The van der Waals surface area contributed by atoms with Gasteiger partial charge in [-0.25, -0.2) is 9.59 Å². The van der Waals surface area contributed by atoms with Crippen LogP contribution >= 0.6 is 11.8 Å². The predicted octanol–water partition coefficient (Wildman–Crippen LogP) is 0.499. The first kappa shape index (κ1) is 15.6. The summed E-state index contributed by atoms with van der Waals surface area (Å²) in [7, 11) is 0. The number of carboxylic acids is 2. The first-order valence-electron chi connectivity index (χ1n) is 6.09. The molecule has 0 aromatic carbocycles. The molecule has 0 radical (unpaired) electrons. The van der Waals surface area contributed by atoms with Gasteiger partial charge in [0.2, 0.25) is 0 Å². The van der Waals surface area contributed by atoms with Crippen LogP contribution in [-0.4, -0.2) is 51.8 Å². The number of aliphatic carboxylic acids is 2. The molecule has 8 heteroatoms. The minimum Gasteiger partial charge on any atom is -0.481 e. The van der Waals surface area contributed by atoms with Crippen molar-refractivity contribution in [2.24, 2.45) is 0 Å². The first-order valence-corrected chi connectivity index (χ1v) is 7.14. The quantitative estimate of drug-likeness (QED) is 0.566. The van der Waals surface area contributed by atoms with Crippen LogP contribution in [0, 0.1) is 0 Å². The number of carbonyl (C=O) groups is 3. The fourth-order valence-electron chi connectivity index (χ4n) is 1.76. The topological polar surface area (TPSA) is 116 Å². The monoisotopic (exact) mass is 290 g/mol. The van der Waals surface area contributed by atoms with Crippen molar-refractivity contribution < 1.29 is 24.6 Å². The number of amides is 2. The lowest BCUT2D eigenvalue weighted by molar-refractivity contribution is -0.145. The van der Waals surface area contributed by atoms with Crippen LogP contribution in [0.3, 0.4) is 0 Å². The van der Waals surface area contributed by atoms with E-state index in [0.717, 1.165) is 18.6 Å². The Morgan fingerprint density at radius 1 is 1.26 bits per heavy atom. The van der Waals surface area contributed by atoms with Crippen LogP contribution in [0.4, 0.5) is 4.79 Å². The molecule has 1 aliphatic heterocycles. The molecule has 2 atom stereocenters. The van der Waals surface area contributed by atoms with Crippen molar-refractivity contribution in [3.63, 3.8) is 0 Å². The molecule has 1 saturated heterocycles. The highest BCUT2D eigenvalue weighted by atomic mass is 32.2. The third-order valence-electron chi connectivity index (χ3n) is 2.75. The first-order chi connectivity index (χ1) is 8.99. The molecular formula is C11H18N2O5S. The van der Waals surface area contributed by atoms with Gasteiger partial charge in [-0.3, -0.25) is 4.79 Å². The van der Waals surface area contributed by atoms with E-state index in [1.165, 1.54) is 6.42 Å². The van der Waals surface area contributed by atoms with E-state index in [1.807, 2.05) is 0 Å². The average molecular weight is 290 g/mol. The van der Waals surface area contributed by atoms with E-state index in [-0.39, 0.29) is 0 Å². The second-order valence-electron chi connectivity index (χ2n) is 4.33. The Hall–Kier alpha value is -1.44. The van der Waals surface area contributed by atoms with Gasteiger partial charge in [0, 0.05) is 11.8 Å². The highest BCUT2D eigenvalue weighted by Crippen LogP contribution is 2.24. The van der Waals surface area contributed by atoms with E-state index in [4.69, 9.17) is 10.2 Å². The van der Waals surface area contributed by atoms with Gasteiger partial charge in [0.1, 0.15) is 6.04 Å². The summed E-state index contributed by atoms with van der Waals surface area (Å²) >= 11 is 1.79. The Morgan fingerprint density at radius 2 is 2.00 bits per heavy atom. The molecule has 0 spiro atoms. The highest BCUT2D eigenvalue weighted by molar-refractivity contribution is 7.99. The molecule has 108 valence electrons.